The van der Waals surface area contributed by atoms with E-state index in [1.54, 1.807) is 0 Å². The Morgan fingerprint density at radius 3 is 1.23 bits per heavy atom. The first-order valence-corrected chi connectivity index (χ1v) is 8.78. The summed E-state index contributed by atoms with van der Waals surface area (Å²) in [5.74, 6) is 0. The van der Waals surface area contributed by atoms with E-state index in [-0.39, 0.29) is 6.61 Å². The molecular formula is C25H19O. The summed E-state index contributed by atoms with van der Waals surface area (Å²) in [5.41, 5.74) is 7.31. The van der Waals surface area contributed by atoms with Gasteiger partial charge in [-0.25, -0.2) is 5.11 Å². The lowest BCUT2D eigenvalue weighted by Crippen LogP contribution is -1.95. The lowest BCUT2D eigenvalue weighted by Gasteiger charge is -2.16. The van der Waals surface area contributed by atoms with Gasteiger partial charge < -0.3 is 0 Å². The van der Waals surface area contributed by atoms with Crippen molar-refractivity contribution in [1.82, 2.24) is 0 Å². The Labute approximate surface area is 154 Å². The smallest absolute Gasteiger partial charge is 0.108 e. The molecular weight excluding hydrogens is 316 g/mol. The van der Waals surface area contributed by atoms with E-state index in [1.807, 2.05) is 54.6 Å². The van der Waals surface area contributed by atoms with Gasteiger partial charge in [-0.15, -0.1) is 0 Å². The van der Waals surface area contributed by atoms with Crippen molar-refractivity contribution in [2.45, 2.75) is 6.61 Å². The molecule has 4 rings (SSSR count). The maximum atomic E-state index is 12.2. The Morgan fingerprint density at radius 1 is 0.462 bits per heavy atom. The molecule has 0 spiro atoms. The van der Waals surface area contributed by atoms with Crippen molar-refractivity contribution in [3.05, 3.63) is 109 Å². The second-order valence-corrected chi connectivity index (χ2v) is 6.29. The molecule has 1 radical (unpaired) electrons. The molecule has 0 fully saturated rings. The summed E-state index contributed by atoms with van der Waals surface area (Å²) in [6, 6.07) is 34.9. The summed E-state index contributed by atoms with van der Waals surface area (Å²) in [6.45, 7) is -0.247. The zero-order valence-corrected chi connectivity index (χ0v) is 14.4. The molecule has 125 valence electrons. The van der Waals surface area contributed by atoms with Crippen LogP contribution in [0.1, 0.15) is 5.56 Å². The van der Waals surface area contributed by atoms with Gasteiger partial charge in [-0.05, 0) is 51.1 Å². The normalized spacial score (nSPS) is 10.7. The minimum absolute atomic E-state index is 0.247. The van der Waals surface area contributed by atoms with Crippen molar-refractivity contribution >= 4 is 0 Å². The van der Waals surface area contributed by atoms with E-state index in [1.165, 1.54) is 0 Å². The van der Waals surface area contributed by atoms with Crippen LogP contribution in [0.15, 0.2) is 103 Å². The van der Waals surface area contributed by atoms with Crippen molar-refractivity contribution < 1.29 is 5.11 Å². The molecule has 4 aromatic carbocycles. The van der Waals surface area contributed by atoms with Crippen molar-refractivity contribution in [2.24, 2.45) is 0 Å². The zero-order valence-electron chi connectivity index (χ0n) is 14.4. The van der Waals surface area contributed by atoms with Gasteiger partial charge in [-0.1, -0.05) is 91.0 Å². The average molecular weight is 335 g/mol. The van der Waals surface area contributed by atoms with E-state index in [4.69, 9.17) is 0 Å². The SMILES string of the molecule is [O]Cc1c(-c2ccccc2)cc(-c2ccccc2)cc1-c1ccccc1. The Kier molecular flexibility index (Phi) is 4.63. The van der Waals surface area contributed by atoms with Crippen LogP contribution >= 0.6 is 0 Å². The Bertz CT molecular complexity index is 929. The van der Waals surface area contributed by atoms with E-state index in [2.05, 4.69) is 48.5 Å². The van der Waals surface area contributed by atoms with Crippen LogP contribution in [0, 0.1) is 0 Å². The van der Waals surface area contributed by atoms with E-state index >= 15 is 0 Å². The maximum absolute atomic E-state index is 12.2. The van der Waals surface area contributed by atoms with Crippen LogP contribution in [0.4, 0.5) is 0 Å². The number of hydrogen-bond acceptors (Lipinski definition) is 0. The minimum Gasteiger partial charge on any atom is -0.232 e. The summed E-state index contributed by atoms with van der Waals surface area (Å²) in [7, 11) is 0. The summed E-state index contributed by atoms with van der Waals surface area (Å²) in [6.07, 6.45) is 0. The van der Waals surface area contributed by atoms with Crippen LogP contribution in [0.3, 0.4) is 0 Å². The summed E-state index contributed by atoms with van der Waals surface area (Å²) in [5, 5.41) is 12.2. The van der Waals surface area contributed by atoms with Gasteiger partial charge in [0.25, 0.3) is 0 Å². The van der Waals surface area contributed by atoms with E-state index in [9.17, 15) is 5.11 Å². The number of benzene rings is 4. The fraction of sp³-hybridized carbons (Fsp3) is 0.0400. The van der Waals surface area contributed by atoms with E-state index in [0.717, 1.165) is 38.9 Å². The molecule has 26 heavy (non-hydrogen) atoms. The van der Waals surface area contributed by atoms with Crippen molar-refractivity contribution in [1.29, 1.82) is 0 Å². The quantitative estimate of drug-likeness (QED) is 0.399. The highest BCUT2D eigenvalue weighted by Gasteiger charge is 2.14. The van der Waals surface area contributed by atoms with Crippen LogP contribution in [-0.2, 0) is 11.7 Å². The lowest BCUT2D eigenvalue weighted by molar-refractivity contribution is 0.178. The molecule has 0 saturated carbocycles. The predicted molar refractivity (Wildman–Crippen MR) is 107 cm³/mol. The van der Waals surface area contributed by atoms with Gasteiger partial charge in [0.15, 0.2) is 0 Å². The van der Waals surface area contributed by atoms with Gasteiger partial charge >= 0.3 is 0 Å². The summed E-state index contributed by atoms with van der Waals surface area (Å²) in [4.78, 5) is 0. The molecule has 4 aromatic rings. The third kappa shape index (κ3) is 3.17. The Hall–Kier alpha value is -3.16. The lowest BCUT2D eigenvalue weighted by atomic mass is 9.88. The highest BCUT2D eigenvalue weighted by atomic mass is 16.3. The molecule has 0 bridgehead atoms. The van der Waals surface area contributed by atoms with Crippen LogP contribution in [-0.4, -0.2) is 0 Å². The largest absolute Gasteiger partial charge is 0.232 e. The second kappa shape index (κ2) is 7.38. The first-order chi connectivity index (χ1) is 12.9. The van der Waals surface area contributed by atoms with Crippen LogP contribution in [0.5, 0.6) is 0 Å². The molecule has 0 aliphatic rings. The average Bonchev–Trinajstić information content (AvgIpc) is 2.74. The van der Waals surface area contributed by atoms with Crippen LogP contribution in [0.2, 0.25) is 0 Å². The molecule has 0 N–H and O–H groups in total. The molecule has 1 heteroatoms. The number of rotatable bonds is 4. The molecule has 0 aliphatic heterocycles. The van der Waals surface area contributed by atoms with Crippen molar-refractivity contribution in [3.63, 3.8) is 0 Å². The molecule has 0 heterocycles. The predicted octanol–water partition coefficient (Wildman–Crippen LogP) is 6.62. The molecule has 0 saturated heterocycles. The Balaban J connectivity index is 2.01. The third-order valence-corrected chi connectivity index (χ3v) is 4.67. The first-order valence-electron chi connectivity index (χ1n) is 8.78. The zero-order chi connectivity index (χ0) is 17.8. The fourth-order valence-corrected chi connectivity index (χ4v) is 3.38. The van der Waals surface area contributed by atoms with E-state index < -0.39 is 0 Å². The monoisotopic (exact) mass is 335 g/mol. The molecule has 0 atom stereocenters. The van der Waals surface area contributed by atoms with Gasteiger partial charge in [0.2, 0.25) is 0 Å². The summed E-state index contributed by atoms with van der Waals surface area (Å²) < 4.78 is 0. The van der Waals surface area contributed by atoms with Gasteiger partial charge in [0.05, 0.1) is 0 Å². The standard InChI is InChI=1S/C25H19O/c26-18-25-23(20-12-6-2-7-13-20)16-22(19-10-4-1-5-11-19)17-24(25)21-14-8-3-9-15-21/h1-17H,18H2. The molecule has 0 aromatic heterocycles. The van der Waals surface area contributed by atoms with E-state index in [0.29, 0.717) is 0 Å². The second-order valence-electron chi connectivity index (χ2n) is 6.29. The summed E-state index contributed by atoms with van der Waals surface area (Å²) >= 11 is 0. The topological polar surface area (TPSA) is 19.9 Å². The van der Waals surface area contributed by atoms with Gasteiger partial charge in [-0.3, -0.25) is 0 Å². The van der Waals surface area contributed by atoms with Crippen LogP contribution in [0.25, 0.3) is 33.4 Å². The maximum Gasteiger partial charge on any atom is 0.108 e. The first kappa shape index (κ1) is 16.3. The Morgan fingerprint density at radius 2 is 0.846 bits per heavy atom. The van der Waals surface area contributed by atoms with Crippen molar-refractivity contribution in [2.75, 3.05) is 0 Å². The van der Waals surface area contributed by atoms with Gasteiger partial charge in [-0.2, -0.15) is 0 Å². The fourth-order valence-electron chi connectivity index (χ4n) is 3.38. The molecule has 0 amide bonds. The molecule has 0 unspecified atom stereocenters. The van der Waals surface area contributed by atoms with Crippen LogP contribution < -0.4 is 0 Å². The number of hydrogen-bond donors (Lipinski definition) is 0. The highest BCUT2D eigenvalue weighted by molar-refractivity contribution is 5.85. The minimum atomic E-state index is -0.247. The van der Waals surface area contributed by atoms with Gasteiger partial charge in [0, 0.05) is 0 Å². The third-order valence-electron chi connectivity index (χ3n) is 4.67. The highest BCUT2D eigenvalue weighted by Crippen LogP contribution is 2.37. The van der Waals surface area contributed by atoms with Crippen molar-refractivity contribution in [3.8, 4) is 33.4 Å². The molecule has 0 aliphatic carbocycles. The molecule has 1 nitrogen and oxygen atoms in total. The van der Waals surface area contributed by atoms with Gasteiger partial charge in [0.1, 0.15) is 6.61 Å².